The van der Waals surface area contributed by atoms with Crippen molar-refractivity contribution < 1.29 is 4.79 Å². The maximum Gasteiger partial charge on any atom is 0.225 e. The first-order valence-corrected chi connectivity index (χ1v) is 6.79. The fourth-order valence-electron chi connectivity index (χ4n) is 1.95. The molecule has 1 N–H and O–H groups in total. The minimum absolute atomic E-state index is 0.0957. The molecule has 18 heavy (non-hydrogen) atoms. The highest BCUT2D eigenvalue weighted by Gasteiger charge is 2.06. The number of carbonyl (C=O) groups is 1. The number of amides is 1. The first-order chi connectivity index (χ1) is 8.76. The minimum Gasteiger partial charge on any atom is -0.343 e. The van der Waals surface area contributed by atoms with E-state index < -0.39 is 0 Å². The van der Waals surface area contributed by atoms with Crippen molar-refractivity contribution in [1.29, 1.82) is 0 Å². The second kappa shape index (κ2) is 8.70. The second-order valence-electron chi connectivity index (χ2n) is 4.54. The molecule has 0 aliphatic carbocycles. The molecule has 0 spiro atoms. The molecule has 0 aromatic heterocycles. The summed E-state index contributed by atoms with van der Waals surface area (Å²) in [6.07, 6.45) is 2.70. The molecule has 1 rings (SSSR count). The molecule has 1 amide bonds. The van der Waals surface area contributed by atoms with E-state index in [0.717, 1.165) is 31.5 Å². The van der Waals surface area contributed by atoms with E-state index in [1.807, 2.05) is 30.3 Å². The van der Waals surface area contributed by atoms with Gasteiger partial charge in [-0.2, -0.15) is 0 Å². The third kappa shape index (κ3) is 5.82. The van der Waals surface area contributed by atoms with E-state index in [1.165, 1.54) is 0 Å². The zero-order chi connectivity index (χ0) is 13.2. The molecular weight excluding hydrogens is 224 g/mol. The van der Waals surface area contributed by atoms with Gasteiger partial charge in [0.25, 0.3) is 0 Å². The van der Waals surface area contributed by atoms with E-state index >= 15 is 0 Å². The van der Waals surface area contributed by atoms with Crippen LogP contribution in [0.15, 0.2) is 30.3 Å². The summed E-state index contributed by atoms with van der Waals surface area (Å²) in [5.41, 5.74) is 1.06. The van der Waals surface area contributed by atoms with Crippen LogP contribution in [0.2, 0.25) is 0 Å². The Balaban J connectivity index is 2.31. The molecule has 0 saturated carbocycles. The first kappa shape index (κ1) is 14.7. The van der Waals surface area contributed by atoms with Crippen LogP contribution in [0, 0.1) is 0 Å². The maximum atomic E-state index is 11.8. The van der Waals surface area contributed by atoms with Crippen LogP contribution in [0.1, 0.15) is 32.3 Å². The quantitative estimate of drug-likeness (QED) is 0.717. The summed E-state index contributed by atoms with van der Waals surface area (Å²) < 4.78 is 0. The average Bonchev–Trinajstić information content (AvgIpc) is 2.38. The lowest BCUT2D eigenvalue weighted by Crippen LogP contribution is -2.39. The second-order valence-corrected chi connectivity index (χ2v) is 4.54. The molecule has 0 aliphatic rings. The number of rotatable bonds is 8. The Kier molecular flexibility index (Phi) is 7.11. The number of benzene rings is 1. The summed E-state index contributed by atoms with van der Waals surface area (Å²) in [6, 6.07) is 9.85. The summed E-state index contributed by atoms with van der Waals surface area (Å²) in [5.74, 6) is 0.0957. The van der Waals surface area contributed by atoms with E-state index in [2.05, 4.69) is 24.1 Å². The summed E-state index contributed by atoms with van der Waals surface area (Å²) in [4.78, 5) is 14.1. The lowest BCUT2D eigenvalue weighted by Gasteiger charge is -2.21. The maximum absolute atomic E-state index is 11.8. The molecule has 100 valence electrons. The van der Waals surface area contributed by atoms with Crippen LogP contribution in [-0.4, -0.2) is 30.6 Å². The van der Waals surface area contributed by atoms with E-state index in [4.69, 9.17) is 0 Å². The van der Waals surface area contributed by atoms with Gasteiger partial charge in [-0.05, 0) is 31.5 Å². The van der Waals surface area contributed by atoms with Gasteiger partial charge in [0.05, 0.1) is 13.1 Å². The van der Waals surface area contributed by atoms with Gasteiger partial charge in [-0.15, -0.1) is 0 Å². The zero-order valence-corrected chi connectivity index (χ0v) is 11.5. The van der Waals surface area contributed by atoms with Gasteiger partial charge < -0.3 is 5.32 Å². The highest BCUT2D eigenvalue weighted by Crippen LogP contribution is 1.99. The number of nitrogens with zero attached hydrogens (tertiary/aromatic N) is 1. The largest absolute Gasteiger partial charge is 0.343 e. The Morgan fingerprint density at radius 3 is 2.28 bits per heavy atom. The third-order valence-electron chi connectivity index (χ3n) is 2.79. The summed E-state index contributed by atoms with van der Waals surface area (Å²) in [5, 5.41) is 2.99. The normalized spacial score (nSPS) is 10.6. The predicted octanol–water partition coefficient (Wildman–Crippen LogP) is 2.42. The van der Waals surface area contributed by atoms with Crippen molar-refractivity contribution in [2.45, 2.75) is 33.1 Å². The molecule has 0 fully saturated rings. The van der Waals surface area contributed by atoms with Gasteiger partial charge in [-0.3, -0.25) is 9.69 Å². The van der Waals surface area contributed by atoms with Crippen molar-refractivity contribution in [1.82, 2.24) is 10.2 Å². The van der Waals surface area contributed by atoms with Crippen molar-refractivity contribution in [3.05, 3.63) is 35.9 Å². The molecule has 0 atom stereocenters. The SMILES string of the molecule is CCCN(CCC)CNC(=O)Cc1ccccc1. The topological polar surface area (TPSA) is 32.3 Å². The zero-order valence-electron chi connectivity index (χ0n) is 11.5. The number of nitrogens with one attached hydrogen (secondary N) is 1. The van der Waals surface area contributed by atoms with Crippen LogP contribution in [0.25, 0.3) is 0 Å². The Bertz CT molecular complexity index is 332. The fraction of sp³-hybridized carbons (Fsp3) is 0.533. The van der Waals surface area contributed by atoms with Gasteiger partial charge in [0, 0.05) is 0 Å². The highest BCUT2D eigenvalue weighted by atomic mass is 16.1. The van der Waals surface area contributed by atoms with E-state index in [9.17, 15) is 4.79 Å². The van der Waals surface area contributed by atoms with Crippen LogP contribution in [0.5, 0.6) is 0 Å². The van der Waals surface area contributed by atoms with Crippen molar-refractivity contribution in [2.24, 2.45) is 0 Å². The fourth-order valence-corrected chi connectivity index (χ4v) is 1.95. The highest BCUT2D eigenvalue weighted by molar-refractivity contribution is 5.78. The Hall–Kier alpha value is -1.35. The molecule has 0 aliphatic heterocycles. The number of hydrogen-bond donors (Lipinski definition) is 1. The Labute approximate surface area is 110 Å². The monoisotopic (exact) mass is 248 g/mol. The summed E-state index contributed by atoms with van der Waals surface area (Å²) >= 11 is 0. The van der Waals surface area contributed by atoms with Gasteiger partial charge in [-0.25, -0.2) is 0 Å². The van der Waals surface area contributed by atoms with Crippen LogP contribution in [0.3, 0.4) is 0 Å². The van der Waals surface area contributed by atoms with Gasteiger partial charge in [0.2, 0.25) is 5.91 Å². The smallest absolute Gasteiger partial charge is 0.225 e. The van der Waals surface area contributed by atoms with E-state index in [-0.39, 0.29) is 5.91 Å². The average molecular weight is 248 g/mol. The molecule has 1 aromatic carbocycles. The summed E-state index contributed by atoms with van der Waals surface area (Å²) in [7, 11) is 0. The van der Waals surface area contributed by atoms with Crippen LogP contribution >= 0.6 is 0 Å². The van der Waals surface area contributed by atoms with Crippen LogP contribution in [-0.2, 0) is 11.2 Å². The van der Waals surface area contributed by atoms with E-state index in [1.54, 1.807) is 0 Å². The molecule has 0 heterocycles. The first-order valence-electron chi connectivity index (χ1n) is 6.79. The van der Waals surface area contributed by atoms with Gasteiger partial charge >= 0.3 is 0 Å². The van der Waals surface area contributed by atoms with Crippen molar-refractivity contribution >= 4 is 5.91 Å². The number of hydrogen-bond acceptors (Lipinski definition) is 2. The third-order valence-corrected chi connectivity index (χ3v) is 2.79. The molecular formula is C15H24N2O. The molecule has 3 heteroatoms. The van der Waals surface area contributed by atoms with E-state index in [0.29, 0.717) is 13.1 Å². The predicted molar refractivity (Wildman–Crippen MR) is 75.3 cm³/mol. The Morgan fingerprint density at radius 1 is 1.11 bits per heavy atom. The van der Waals surface area contributed by atoms with Crippen molar-refractivity contribution in [3.63, 3.8) is 0 Å². The van der Waals surface area contributed by atoms with Crippen LogP contribution in [0.4, 0.5) is 0 Å². The summed E-state index contributed by atoms with van der Waals surface area (Å²) in [6.45, 7) is 7.06. The van der Waals surface area contributed by atoms with Crippen molar-refractivity contribution in [3.8, 4) is 0 Å². The molecule has 0 saturated heterocycles. The molecule has 0 unspecified atom stereocenters. The Morgan fingerprint density at radius 2 is 1.72 bits per heavy atom. The van der Waals surface area contributed by atoms with Crippen LogP contribution < -0.4 is 5.32 Å². The van der Waals surface area contributed by atoms with Crippen molar-refractivity contribution in [2.75, 3.05) is 19.8 Å². The van der Waals surface area contributed by atoms with Gasteiger partial charge in [0.15, 0.2) is 0 Å². The molecule has 3 nitrogen and oxygen atoms in total. The van der Waals surface area contributed by atoms with Gasteiger partial charge in [-0.1, -0.05) is 44.2 Å². The molecule has 0 bridgehead atoms. The lowest BCUT2D eigenvalue weighted by molar-refractivity contribution is -0.121. The lowest BCUT2D eigenvalue weighted by atomic mass is 10.1. The minimum atomic E-state index is 0.0957. The standard InChI is InChI=1S/C15H24N2O/c1-3-10-17(11-4-2)13-16-15(18)12-14-8-6-5-7-9-14/h5-9H,3-4,10-13H2,1-2H3,(H,16,18). The number of carbonyl (C=O) groups excluding carboxylic acids is 1. The molecule has 0 radical (unpaired) electrons. The van der Waals surface area contributed by atoms with Gasteiger partial charge in [0.1, 0.15) is 0 Å². The molecule has 1 aromatic rings.